The largest absolute Gasteiger partial charge is 0.383 e. The quantitative estimate of drug-likeness (QED) is 0.554. The molecule has 0 saturated carbocycles. The van der Waals surface area contributed by atoms with Crippen molar-refractivity contribution in [3.8, 4) is 0 Å². The Morgan fingerprint density at radius 1 is 1.50 bits per heavy atom. The van der Waals surface area contributed by atoms with Gasteiger partial charge in [-0.2, -0.15) is 0 Å². The summed E-state index contributed by atoms with van der Waals surface area (Å²) in [6, 6.07) is -0.666. The molecule has 0 aliphatic carbocycles. The van der Waals surface area contributed by atoms with E-state index in [-0.39, 0.29) is 22.3 Å². The lowest BCUT2D eigenvalue weighted by molar-refractivity contribution is 0.0968. The summed E-state index contributed by atoms with van der Waals surface area (Å²) in [6.45, 7) is 3.19. The van der Waals surface area contributed by atoms with Crippen LogP contribution in [-0.2, 0) is 0 Å². The Hall–Kier alpha value is -1.20. The molecule has 0 amide bonds. The summed E-state index contributed by atoms with van der Waals surface area (Å²) in [4.78, 5) is 19.2. The first-order valence-electron chi connectivity index (χ1n) is 4.03. The fourth-order valence-electron chi connectivity index (χ4n) is 1.01. The summed E-state index contributed by atoms with van der Waals surface area (Å²) < 4.78 is 0. The molecular weight excluding hydrogens is 204 g/mol. The number of carbonyl (C=O) groups excluding carboxylic acids is 1. The lowest BCUT2D eigenvalue weighted by Gasteiger charge is -2.08. The van der Waals surface area contributed by atoms with E-state index in [2.05, 4.69) is 9.97 Å². The van der Waals surface area contributed by atoms with Crippen molar-refractivity contribution in [3.63, 3.8) is 0 Å². The molecule has 0 saturated heterocycles. The van der Waals surface area contributed by atoms with Gasteiger partial charge < -0.3 is 11.5 Å². The van der Waals surface area contributed by atoms with Gasteiger partial charge in [-0.25, -0.2) is 9.97 Å². The van der Waals surface area contributed by atoms with Crippen LogP contribution in [0.5, 0.6) is 0 Å². The van der Waals surface area contributed by atoms with Crippen molar-refractivity contribution in [2.45, 2.75) is 19.9 Å². The van der Waals surface area contributed by atoms with Crippen molar-refractivity contribution in [1.29, 1.82) is 0 Å². The Kier molecular flexibility index (Phi) is 3.03. The van der Waals surface area contributed by atoms with Gasteiger partial charge >= 0.3 is 0 Å². The van der Waals surface area contributed by atoms with Gasteiger partial charge in [0, 0.05) is 0 Å². The molecular formula is C8H11ClN4O. The van der Waals surface area contributed by atoms with Crippen LogP contribution in [0.3, 0.4) is 0 Å². The zero-order valence-corrected chi connectivity index (χ0v) is 8.67. The fourth-order valence-corrected chi connectivity index (χ4v) is 1.33. The molecule has 1 rings (SSSR count). The van der Waals surface area contributed by atoms with Crippen molar-refractivity contribution >= 4 is 23.2 Å². The number of Topliss-reactive ketones (excluding diaryl/α,β-unsaturated/α-hetero) is 1. The number of aryl methyl sites for hydroxylation is 1. The van der Waals surface area contributed by atoms with E-state index in [0.29, 0.717) is 5.82 Å². The number of nitrogen functional groups attached to an aromatic ring is 1. The van der Waals surface area contributed by atoms with E-state index in [1.807, 2.05) is 0 Å². The number of rotatable bonds is 2. The summed E-state index contributed by atoms with van der Waals surface area (Å²) >= 11 is 5.77. The Labute approximate surface area is 86.5 Å². The van der Waals surface area contributed by atoms with Crippen LogP contribution in [0.15, 0.2) is 0 Å². The summed E-state index contributed by atoms with van der Waals surface area (Å²) in [5.74, 6) is 0.144. The molecule has 1 aromatic heterocycles. The second-order valence-corrected chi connectivity index (χ2v) is 3.33. The number of hydrogen-bond donors (Lipinski definition) is 2. The number of halogens is 1. The number of anilines is 1. The van der Waals surface area contributed by atoms with E-state index in [0.717, 1.165) is 0 Å². The Bertz CT molecular complexity index is 355. The predicted molar refractivity (Wildman–Crippen MR) is 54.2 cm³/mol. The minimum Gasteiger partial charge on any atom is -0.383 e. The molecule has 6 heteroatoms. The maximum Gasteiger partial charge on any atom is 0.186 e. The maximum atomic E-state index is 11.5. The topological polar surface area (TPSA) is 94.9 Å². The van der Waals surface area contributed by atoms with Gasteiger partial charge in [0.1, 0.15) is 16.8 Å². The highest BCUT2D eigenvalue weighted by Gasteiger charge is 2.20. The summed E-state index contributed by atoms with van der Waals surface area (Å²) in [7, 11) is 0. The van der Waals surface area contributed by atoms with Crippen molar-refractivity contribution in [3.05, 3.63) is 16.5 Å². The molecule has 14 heavy (non-hydrogen) atoms. The van der Waals surface area contributed by atoms with Crippen LogP contribution in [0.25, 0.3) is 0 Å². The van der Waals surface area contributed by atoms with Gasteiger partial charge in [-0.3, -0.25) is 4.79 Å². The maximum absolute atomic E-state index is 11.5. The van der Waals surface area contributed by atoms with Gasteiger partial charge in [0.05, 0.1) is 11.6 Å². The molecule has 1 unspecified atom stereocenters. The average molecular weight is 215 g/mol. The zero-order chi connectivity index (χ0) is 10.9. The van der Waals surface area contributed by atoms with Crippen LogP contribution in [0.2, 0.25) is 5.15 Å². The lowest BCUT2D eigenvalue weighted by atomic mass is 10.1. The van der Waals surface area contributed by atoms with Gasteiger partial charge in [-0.1, -0.05) is 11.6 Å². The zero-order valence-electron chi connectivity index (χ0n) is 7.91. The number of carbonyl (C=O) groups is 1. The molecule has 1 aromatic rings. The van der Waals surface area contributed by atoms with Crippen molar-refractivity contribution in [2.75, 3.05) is 5.73 Å². The molecule has 5 nitrogen and oxygen atoms in total. The van der Waals surface area contributed by atoms with E-state index < -0.39 is 6.04 Å². The molecule has 0 aliphatic rings. The normalized spacial score (nSPS) is 12.6. The van der Waals surface area contributed by atoms with Crippen LogP contribution in [0.1, 0.15) is 23.1 Å². The molecule has 0 radical (unpaired) electrons. The SMILES string of the molecule is Cc1nc(N)c(C(=O)C(C)N)c(Cl)n1. The second kappa shape index (κ2) is 3.89. The number of ketones is 1. The van der Waals surface area contributed by atoms with Gasteiger partial charge in [0.25, 0.3) is 0 Å². The molecule has 0 aromatic carbocycles. The van der Waals surface area contributed by atoms with Gasteiger partial charge in [-0.15, -0.1) is 0 Å². The molecule has 0 spiro atoms. The van der Waals surface area contributed by atoms with E-state index in [1.165, 1.54) is 0 Å². The van der Waals surface area contributed by atoms with Crippen LogP contribution >= 0.6 is 11.6 Å². The van der Waals surface area contributed by atoms with Crippen LogP contribution in [0.4, 0.5) is 5.82 Å². The van der Waals surface area contributed by atoms with Crippen LogP contribution < -0.4 is 11.5 Å². The van der Waals surface area contributed by atoms with E-state index in [9.17, 15) is 4.79 Å². The number of hydrogen-bond acceptors (Lipinski definition) is 5. The third-order valence-electron chi connectivity index (χ3n) is 1.66. The van der Waals surface area contributed by atoms with Gasteiger partial charge in [0.15, 0.2) is 5.78 Å². The molecule has 4 N–H and O–H groups in total. The summed E-state index contributed by atoms with van der Waals surface area (Å²) in [5.41, 5.74) is 11.1. The third kappa shape index (κ3) is 2.00. The summed E-state index contributed by atoms with van der Waals surface area (Å²) in [6.07, 6.45) is 0. The lowest BCUT2D eigenvalue weighted by Crippen LogP contribution is -2.28. The molecule has 1 heterocycles. The predicted octanol–water partition coefficient (Wildman–Crippen LogP) is 0.551. The Morgan fingerprint density at radius 2 is 2.07 bits per heavy atom. The minimum atomic E-state index is -0.666. The van der Waals surface area contributed by atoms with Gasteiger partial charge in [0.2, 0.25) is 0 Å². The highest BCUT2D eigenvalue weighted by Crippen LogP contribution is 2.19. The highest BCUT2D eigenvalue weighted by atomic mass is 35.5. The van der Waals surface area contributed by atoms with E-state index in [4.69, 9.17) is 23.1 Å². The third-order valence-corrected chi connectivity index (χ3v) is 1.94. The first-order chi connectivity index (χ1) is 6.43. The van der Waals surface area contributed by atoms with Crippen LogP contribution in [-0.4, -0.2) is 21.8 Å². The van der Waals surface area contributed by atoms with Crippen molar-refractivity contribution in [1.82, 2.24) is 9.97 Å². The Balaban J connectivity index is 3.28. The molecule has 0 bridgehead atoms. The van der Waals surface area contributed by atoms with Crippen molar-refractivity contribution in [2.24, 2.45) is 5.73 Å². The molecule has 1 atom stereocenters. The van der Waals surface area contributed by atoms with E-state index in [1.54, 1.807) is 13.8 Å². The second-order valence-electron chi connectivity index (χ2n) is 2.97. The number of nitrogens with zero attached hydrogens (tertiary/aromatic N) is 2. The van der Waals surface area contributed by atoms with Crippen LogP contribution in [0, 0.1) is 6.92 Å². The number of aromatic nitrogens is 2. The van der Waals surface area contributed by atoms with Gasteiger partial charge in [-0.05, 0) is 13.8 Å². The van der Waals surface area contributed by atoms with Crippen molar-refractivity contribution < 1.29 is 4.79 Å². The molecule has 0 aliphatic heterocycles. The fraction of sp³-hybridized carbons (Fsp3) is 0.375. The summed E-state index contributed by atoms with van der Waals surface area (Å²) in [5, 5.41) is 0.0531. The first kappa shape index (κ1) is 10.9. The number of nitrogens with two attached hydrogens (primary N) is 2. The molecule has 0 fully saturated rings. The molecule has 76 valence electrons. The first-order valence-corrected chi connectivity index (χ1v) is 4.40. The standard InChI is InChI=1S/C8H11ClN4O/c1-3(10)6(14)5-7(9)12-4(2)13-8(5)11/h3H,10H2,1-2H3,(H2,11,12,13). The average Bonchev–Trinajstić information content (AvgIpc) is 2.01. The monoisotopic (exact) mass is 214 g/mol. The Morgan fingerprint density at radius 3 is 2.50 bits per heavy atom. The highest BCUT2D eigenvalue weighted by molar-refractivity contribution is 6.33. The minimum absolute atomic E-state index is 0.0531. The smallest absolute Gasteiger partial charge is 0.186 e. The van der Waals surface area contributed by atoms with E-state index >= 15 is 0 Å².